The first kappa shape index (κ1) is 11.3. The Morgan fingerprint density at radius 1 is 1.46 bits per heavy atom. The first-order chi connectivity index (χ1) is 6.33. The van der Waals surface area contributed by atoms with Crippen molar-refractivity contribution >= 4 is 40.5 Å². The standard InChI is InChI=1S/C10H11BrOTe/c1-12-7-9(11)8-13-10-5-3-2-4-6-10/h2-6,8H,7H2,1H3/b9-8-. The number of benzene rings is 1. The van der Waals surface area contributed by atoms with Gasteiger partial charge in [-0.25, -0.2) is 0 Å². The van der Waals surface area contributed by atoms with Crippen LogP contribution < -0.4 is 3.61 Å². The minimum absolute atomic E-state index is 0.190. The van der Waals surface area contributed by atoms with E-state index in [0.29, 0.717) is 6.61 Å². The normalized spacial score (nSPS) is 11.7. The molecule has 0 heterocycles. The molecule has 0 radical (unpaired) electrons. The Kier molecular flexibility index (Phi) is 5.73. The Balaban J connectivity index is 2.47. The molecule has 0 spiro atoms. The molecule has 0 aromatic heterocycles. The summed E-state index contributed by atoms with van der Waals surface area (Å²) in [5.74, 6) is 0. The average molecular weight is 355 g/mol. The molecule has 1 rings (SSSR count). The Bertz CT molecular complexity index is 272. The molecule has 0 aliphatic carbocycles. The Morgan fingerprint density at radius 2 is 2.15 bits per heavy atom. The molecule has 0 aliphatic heterocycles. The average Bonchev–Trinajstić information content (AvgIpc) is 2.17. The van der Waals surface area contributed by atoms with Crippen LogP contribution in [0.5, 0.6) is 0 Å². The van der Waals surface area contributed by atoms with E-state index in [9.17, 15) is 0 Å². The van der Waals surface area contributed by atoms with Crippen LogP contribution >= 0.6 is 15.9 Å². The molecule has 0 amide bonds. The Hall–Kier alpha value is 0.190. The van der Waals surface area contributed by atoms with Gasteiger partial charge in [0.2, 0.25) is 0 Å². The molecule has 0 saturated heterocycles. The molecule has 70 valence electrons. The molecule has 0 unspecified atom stereocenters. The van der Waals surface area contributed by atoms with Gasteiger partial charge in [0, 0.05) is 0 Å². The van der Waals surface area contributed by atoms with Crippen molar-refractivity contribution in [3.05, 3.63) is 38.9 Å². The molecule has 0 bridgehead atoms. The van der Waals surface area contributed by atoms with Crippen LogP contribution in [-0.4, -0.2) is 34.6 Å². The predicted molar refractivity (Wildman–Crippen MR) is 60.7 cm³/mol. The maximum absolute atomic E-state index is 5.00. The Morgan fingerprint density at radius 3 is 2.77 bits per heavy atom. The number of hydrogen-bond acceptors (Lipinski definition) is 1. The topological polar surface area (TPSA) is 9.23 Å². The summed E-state index contributed by atoms with van der Waals surface area (Å²) in [6, 6.07) is 10.6. The van der Waals surface area contributed by atoms with Crippen LogP contribution in [0.3, 0.4) is 0 Å². The number of methoxy groups -OCH3 is 1. The van der Waals surface area contributed by atoms with Gasteiger partial charge in [-0.1, -0.05) is 0 Å². The molecule has 0 aliphatic rings. The summed E-state index contributed by atoms with van der Waals surface area (Å²) in [4.78, 5) is 0. The molecule has 3 heteroatoms. The van der Waals surface area contributed by atoms with Crippen molar-refractivity contribution in [2.45, 2.75) is 0 Å². The second-order valence-corrected chi connectivity index (χ2v) is 6.14. The number of hydrogen-bond donors (Lipinski definition) is 0. The van der Waals surface area contributed by atoms with Crippen LogP contribution in [0.4, 0.5) is 0 Å². The molecule has 0 saturated carbocycles. The fraction of sp³-hybridized carbons (Fsp3) is 0.200. The molecule has 0 fully saturated rings. The van der Waals surface area contributed by atoms with Crippen LogP contribution in [0.15, 0.2) is 38.9 Å². The van der Waals surface area contributed by atoms with Gasteiger partial charge in [0.1, 0.15) is 0 Å². The third kappa shape index (κ3) is 4.83. The summed E-state index contributed by atoms with van der Waals surface area (Å²) in [7, 11) is 1.71. The molecular formula is C10H11BrOTe. The van der Waals surface area contributed by atoms with Crippen molar-refractivity contribution in [3.8, 4) is 0 Å². The van der Waals surface area contributed by atoms with Crippen molar-refractivity contribution in [1.29, 1.82) is 0 Å². The molecule has 13 heavy (non-hydrogen) atoms. The maximum atomic E-state index is 5.00. The van der Waals surface area contributed by atoms with Crippen molar-refractivity contribution in [2.75, 3.05) is 13.7 Å². The molecular weight excluding hydrogens is 344 g/mol. The van der Waals surface area contributed by atoms with Gasteiger partial charge in [-0.05, 0) is 0 Å². The zero-order valence-electron chi connectivity index (χ0n) is 7.37. The Labute approximate surface area is 97.4 Å². The van der Waals surface area contributed by atoms with Crippen molar-refractivity contribution in [1.82, 2.24) is 0 Å². The molecule has 1 aromatic rings. The van der Waals surface area contributed by atoms with Gasteiger partial charge in [-0.2, -0.15) is 0 Å². The van der Waals surface area contributed by atoms with E-state index in [-0.39, 0.29) is 20.9 Å². The monoisotopic (exact) mass is 356 g/mol. The molecule has 0 N–H and O–H groups in total. The van der Waals surface area contributed by atoms with Crippen LogP contribution in [0.25, 0.3) is 0 Å². The van der Waals surface area contributed by atoms with Gasteiger partial charge in [0.15, 0.2) is 0 Å². The van der Waals surface area contributed by atoms with Crippen LogP contribution in [0.2, 0.25) is 0 Å². The fourth-order valence-electron chi connectivity index (χ4n) is 0.803. The quantitative estimate of drug-likeness (QED) is 0.751. The van der Waals surface area contributed by atoms with E-state index in [4.69, 9.17) is 4.74 Å². The summed E-state index contributed by atoms with van der Waals surface area (Å²) >= 11 is 3.27. The molecule has 1 nitrogen and oxygen atoms in total. The third-order valence-corrected chi connectivity index (χ3v) is 5.45. The van der Waals surface area contributed by atoms with E-state index in [1.165, 1.54) is 3.61 Å². The van der Waals surface area contributed by atoms with Gasteiger partial charge in [0.05, 0.1) is 0 Å². The van der Waals surface area contributed by atoms with Crippen LogP contribution in [0, 0.1) is 0 Å². The fourth-order valence-corrected chi connectivity index (χ4v) is 3.50. The number of halogens is 1. The summed E-state index contributed by atoms with van der Waals surface area (Å²) in [5, 5.41) is 0. The SMILES string of the molecule is COC/C(Br)=C/[Te]c1ccccc1. The number of ether oxygens (including phenoxy) is 1. The van der Waals surface area contributed by atoms with Gasteiger partial charge in [0.25, 0.3) is 0 Å². The summed E-state index contributed by atoms with van der Waals surface area (Å²) in [6.45, 7) is 0.678. The summed E-state index contributed by atoms with van der Waals surface area (Å²) < 4.78 is 9.85. The first-order valence-corrected chi connectivity index (χ1v) is 7.18. The van der Waals surface area contributed by atoms with Gasteiger partial charge in [-0.3, -0.25) is 0 Å². The van der Waals surface area contributed by atoms with Gasteiger partial charge >= 0.3 is 97.9 Å². The second kappa shape index (κ2) is 6.61. The predicted octanol–water partition coefficient (Wildman–Crippen LogP) is 1.90. The van der Waals surface area contributed by atoms with E-state index in [1.54, 1.807) is 7.11 Å². The summed E-state index contributed by atoms with van der Waals surface area (Å²) in [6.07, 6.45) is 0. The van der Waals surface area contributed by atoms with Crippen LogP contribution in [0.1, 0.15) is 0 Å². The van der Waals surface area contributed by atoms with E-state index in [2.05, 4.69) is 44.3 Å². The van der Waals surface area contributed by atoms with E-state index >= 15 is 0 Å². The molecule has 1 aromatic carbocycles. The van der Waals surface area contributed by atoms with Crippen LogP contribution in [-0.2, 0) is 4.74 Å². The van der Waals surface area contributed by atoms with Crippen molar-refractivity contribution < 1.29 is 4.74 Å². The van der Waals surface area contributed by atoms with Crippen molar-refractivity contribution in [2.24, 2.45) is 0 Å². The van der Waals surface area contributed by atoms with Gasteiger partial charge in [-0.15, -0.1) is 0 Å². The zero-order valence-corrected chi connectivity index (χ0v) is 11.3. The second-order valence-electron chi connectivity index (χ2n) is 2.43. The van der Waals surface area contributed by atoms with E-state index < -0.39 is 0 Å². The molecule has 0 atom stereocenters. The van der Waals surface area contributed by atoms with Crippen molar-refractivity contribution in [3.63, 3.8) is 0 Å². The zero-order chi connectivity index (χ0) is 9.52. The summed E-state index contributed by atoms with van der Waals surface area (Å²) in [5.41, 5.74) is 0. The van der Waals surface area contributed by atoms with E-state index in [0.717, 1.165) is 4.48 Å². The van der Waals surface area contributed by atoms with E-state index in [1.807, 2.05) is 6.07 Å². The first-order valence-electron chi connectivity index (χ1n) is 3.88. The van der Waals surface area contributed by atoms with Gasteiger partial charge < -0.3 is 0 Å². The number of rotatable bonds is 4. The minimum atomic E-state index is -0.190. The third-order valence-electron chi connectivity index (χ3n) is 1.35.